The van der Waals surface area contributed by atoms with E-state index in [0.29, 0.717) is 0 Å². The summed E-state index contributed by atoms with van der Waals surface area (Å²) in [4.78, 5) is 10.1. The number of anilines is 12. The number of para-hydroxylation sites is 9. The normalized spacial score (nSPS) is 14.1. The quantitative estimate of drug-likeness (QED) is 0.164. The summed E-state index contributed by atoms with van der Waals surface area (Å²) in [5.41, 5.74) is 28.7. The van der Waals surface area contributed by atoms with Gasteiger partial charge in [-0.15, -0.1) is 0 Å². The zero-order chi connectivity index (χ0) is 52.6. The first-order valence-corrected chi connectivity index (χ1v) is 28.2. The van der Waals surface area contributed by atoms with Crippen LogP contribution in [0.3, 0.4) is 0 Å². The van der Waals surface area contributed by atoms with E-state index in [1.807, 2.05) is 0 Å². The van der Waals surface area contributed by atoms with Crippen LogP contribution in [0, 0.1) is 0 Å². The molecule has 9 heteroatoms. The van der Waals surface area contributed by atoms with Gasteiger partial charge < -0.3 is 28.9 Å². The van der Waals surface area contributed by atoms with Gasteiger partial charge in [0.15, 0.2) is 0 Å². The molecule has 6 aliphatic rings. The fourth-order valence-corrected chi connectivity index (χ4v) is 15.3. The third kappa shape index (κ3) is 5.74. The molecule has 372 valence electrons. The Bertz CT molecular complexity index is 4810. The summed E-state index contributed by atoms with van der Waals surface area (Å²) in [5, 5.41) is 2.46. The Kier molecular flexibility index (Phi) is 8.68. The summed E-state index contributed by atoms with van der Waals surface area (Å²) in [6, 6.07) is 99.2. The Balaban J connectivity index is 0.914. The first kappa shape index (κ1) is 43.6. The van der Waals surface area contributed by atoms with Crippen LogP contribution in [0.5, 0.6) is 11.5 Å². The summed E-state index contributed by atoms with van der Waals surface area (Å²) in [5.74, 6) is 1.76. The van der Waals surface area contributed by atoms with Crippen LogP contribution in [0.15, 0.2) is 267 Å². The van der Waals surface area contributed by atoms with Crippen LogP contribution < -0.4 is 73.5 Å². The first-order valence-electron chi connectivity index (χ1n) is 28.2. The average molecular weight is 1030 g/mol. The minimum atomic E-state index is -0.126. The largest absolute Gasteiger partial charge is 0.458 e. The Labute approximate surface area is 469 Å². The molecule has 1 aromatic heterocycles. The number of fused-ring (bicyclic) bond motifs is 17. The highest BCUT2D eigenvalue weighted by atomic mass is 16.5. The molecule has 0 unspecified atom stereocenters. The lowest BCUT2D eigenvalue weighted by atomic mass is 9.28. The van der Waals surface area contributed by atoms with Gasteiger partial charge in [0.2, 0.25) is 0 Å². The van der Waals surface area contributed by atoms with Gasteiger partial charge in [-0.25, -0.2) is 0 Å². The molecule has 0 N–H and O–H groups in total. The molecular formula is C72H44B3N5O. The standard InChI is InChI=1S/C72H44B3N5O/c1-4-22-45(23-5-1)76-60-37-19-13-31-52(60)74-55-42-56-67(43-63(55)78(47-26-8-3-9-27-47)65-41-48(40-64(76)69(65)74)79-57-34-16-10-28-49(57)50-29-11-17-35-58(50)79)81-68-44-66-70-72-71(68)75(56)54-33-15-21-39-62(54)80(72)61-38-20-14-32-53(61)73(70)51-30-12-18-36-59(51)77(66)46-24-6-2-7-25-46/h1-44H. The minimum absolute atomic E-state index is 0.00724. The molecule has 0 radical (unpaired) electrons. The van der Waals surface area contributed by atoms with E-state index >= 15 is 0 Å². The predicted molar refractivity (Wildman–Crippen MR) is 340 cm³/mol. The molecule has 6 aliphatic heterocycles. The van der Waals surface area contributed by atoms with E-state index in [1.54, 1.807) is 0 Å². The SMILES string of the molecule is c1ccc(N2c3ccccc3B3c4cc5c(cc4N(c4ccccc4)c4cc(-n6c7ccccc7c7ccccc76)cc2c43)Oc2cc3c4c6c2B5c2ccccc2N6c2ccccc2B4c2ccccc2N3c2ccccc2)cc1. The van der Waals surface area contributed by atoms with Crippen molar-refractivity contribution in [3.05, 3.63) is 267 Å². The lowest BCUT2D eigenvalue weighted by Gasteiger charge is -2.49. The van der Waals surface area contributed by atoms with Gasteiger partial charge in [0.25, 0.3) is 20.1 Å². The van der Waals surface area contributed by atoms with Crippen molar-refractivity contribution in [1.29, 1.82) is 0 Å². The highest BCUT2D eigenvalue weighted by Crippen LogP contribution is 2.51. The molecule has 0 atom stereocenters. The number of hydrogen-bond acceptors (Lipinski definition) is 5. The Morgan fingerprint density at radius 2 is 0.630 bits per heavy atom. The van der Waals surface area contributed by atoms with Crippen molar-refractivity contribution < 1.29 is 4.74 Å². The van der Waals surface area contributed by atoms with E-state index in [2.05, 4.69) is 291 Å². The average Bonchev–Trinajstić information content (AvgIpc) is 2.95. The van der Waals surface area contributed by atoms with Gasteiger partial charge in [-0.2, -0.15) is 0 Å². The maximum Gasteiger partial charge on any atom is 0.256 e. The van der Waals surface area contributed by atoms with Crippen molar-refractivity contribution in [3.63, 3.8) is 0 Å². The second-order valence-electron chi connectivity index (χ2n) is 22.3. The Hall–Kier alpha value is -10.4. The van der Waals surface area contributed by atoms with Gasteiger partial charge >= 0.3 is 0 Å². The molecular weight excluding hydrogens is 983 g/mol. The lowest BCUT2D eigenvalue weighted by Crippen LogP contribution is -2.68. The molecule has 81 heavy (non-hydrogen) atoms. The monoisotopic (exact) mass is 1030 g/mol. The highest BCUT2D eigenvalue weighted by Gasteiger charge is 2.52. The summed E-state index contributed by atoms with van der Waals surface area (Å²) < 4.78 is 10.2. The first-order chi connectivity index (χ1) is 40.2. The molecule has 0 aliphatic carbocycles. The van der Waals surface area contributed by atoms with Crippen LogP contribution in [-0.2, 0) is 0 Å². The van der Waals surface area contributed by atoms with Crippen LogP contribution in [0.25, 0.3) is 27.5 Å². The molecule has 0 saturated carbocycles. The second-order valence-corrected chi connectivity index (χ2v) is 22.3. The third-order valence-electron chi connectivity index (χ3n) is 18.3. The third-order valence-corrected chi connectivity index (χ3v) is 18.3. The summed E-state index contributed by atoms with van der Waals surface area (Å²) in [7, 11) is 0. The van der Waals surface area contributed by atoms with Crippen LogP contribution >= 0.6 is 0 Å². The van der Waals surface area contributed by atoms with E-state index in [1.165, 1.54) is 99.4 Å². The molecule has 12 aromatic carbocycles. The van der Waals surface area contributed by atoms with E-state index in [-0.39, 0.29) is 20.1 Å². The van der Waals surface area contributed by atoms with Crippen molar-refractivity contribution >= 4 is 159 Å². The number of rotatable bonds is 4. The fourth-order valence-electron chi connectivity index (χ4n) is 15.3. The molecule has 13 aromatic rings. The topological polar surface area (TPSA) is 27.1 Å². The molecule has 0 spiro atoms. The number of ether oxygens (including phenoxy) is 1. The fraction of sp³-hybridized carbons (Fsp3) is 0. The van der Waals surface area contributed by atoms with E-state index < -0.39 is 0 Å². The van der Waals surface area contributed by atoms with Crippen molar-refractivity contribution in [2.75, 3.05) is 19.6 Å². The van der Waals surface area contributed by atoms with Gasteiger partial charge in [0, 0.05) is 91.2 Å². The number of nitrogens with zero attached hydrogens (tertiary/aromatic N) is 5. The van der Waals surface area contributed by atoms with Crippen LogP contribution in [0.2, 0.25) is 0 Å². The second kappa shape index (κ2) is 16.1. The van der Waals surface area contributed by atoms with Gasteiger partial charge in [0.1, 0.15) is 11.5 Å². The summed E-state index contributed by atoms with van der Waals surface area (Å²) in [6.07, 6.45) is 0. The van der Waals surface area contributed by atoms with Gasteiger partial charge in [-0.1, -0.05) is 170 Å². The van der Waals surface area contributed by atoms with Gasteiger partial charge in [0.05, 0.1) is 16.7 Å². The van der Waals surface area contributed by atoms with E-state index in [4.69, 9.17) is 4.74 Å². The molecule has 7 heterocycles. The van der Waals surface area contributed by atoms with E-state index in [9.17, 15) is 0 Å². The van der Waals surface area contributed by atoms with Crippen molar-refractivity contribution in [2.24, 2.45) is 0 Å². The summed E-state index contributed by atoms with van der Waals surface area (Å²) in [6.45, 7) is -0.240. The van der Waals surface area contributed by atoms with Crippen LogP contribution in [-0.4, -0.2) is 24.7 Å². The Morgan fingerprint density at radius 1 is 0.247 bits per heavy atom. The lowest BCUT2D eigenvalue weighted by molar-refractivity contribution is 0.488. The van der Waals surface area contributed by atoms with Crippen molar-refractivity contribution in [2.45, 2.75) is 0 Å². The Morgan fingerprint density at radius 3 is 1.14 bits per heavy atom. The zero-order valence-corrected chi connectivity index (χ0v) is 43.8. The zero-order valence-electron chi connectivity index (χ0n) is 43.8. The molecule has 0 saturated heterocycles. The highest BCUT2D eigenvalue weighted by molar-refractivity contribution is 7.05. The molecule has 0 fully saturated rings. The van der Waals surface area contributed by atoms with Gasteiger partial charge in [-0.05, 0) is 134 Å². The maximum absolute atomic E-state index is 7.75. The minimum Gasteiger partial charge on any atom is -0.458 e. The van der Waals surface area contributed by atoms with Crippen molar-refractivity contribution in [1.82, 2.24) is 4.57 Å². The predicted octanol–water partition coefficient (Wildman–Crippen LogP) is 11.9. The van der Waals surface area contributed by atoms with Crippen LogP contribution in [0.4, 0.5) is 68.2 Å². The summed E-state index contributed by atoms with van der Waals surface area (Å²) >= 11 is 0. The maximum atomic E-state index is 7.75. The number of aromatic nitrogens is 1. The van der Waals surface area contributed by atoms with Gasteiger partial charge in [-0.3, -0.25) is 0 Å². The number of hydrogen-bond donors (Lipinski definition) is 0. The molecule has 0 bridgehead atoms. The van der Waals surface area contributed by atoms with E-state index in [0.717, 1.165) is 57.0 Å². The molecule has 19 rings (SSSR count). The van der Waals surface area contributed by atoms with Crippen molar-refractivity contribution in [3.8, 4) is 17.2 Å². The number of benzene rings is 12. The smallest absolute Gasteiger partial charge is 0.256 e. The molecule has 0 amide bonds. The van der Waals surface area contributed by atoms with Crippen LogP contribution in [0.1, 0.15) is 0 Å². The molecule has 6 nitrogen and oxygen atoms in total.